The highest BCUT2D eigenvalue weighted by atomic mass is 16.9. The number of nitrogens with one attached hydrogen (secondary N) is 1. The molecule has 248 valence electrons. The molecule has 0 aromatic carbocycles. The van der Waals surface area contributed by atoms with Crippen LogP contribution in [0.1, 0.15) is 157 Å². The summed E-state index contributed by atoms with van der Waals surface area (Å²) in [5.41, 5.74) is 0. The number of ether oxygens (including phenoxy) is 6. The molecule has 0 heterocycles. The van der Waals surface area contributed by atoms with Gasteiger partial charge in [-0.2, -0.15) is 0 Å². The van der Waals surface area contributed by atoms with Crippen molar-refractivity contribution in [3.05, 3.63) is 0 Å². The standard InChI is InChI=1S/C34H71NO6/c1-7-36-33(37-8-2,38-9-3)29-25-21-17-13-15-19-23-27-31-35-32-28-24-20-16-14-18-22-26-30-34(39-10-4,40-11-5)41-12-6/h35H,7-32H2,1-6H3. The molecule has 0 saturated heterocycles. The van der Waals surface area contributed by atoms with E-state index in [0.29, 0.717) is 39.6 Å². The van der Waals surface area contributed by atoms with Gasteiger partial charge >= 0.3 is 0 Å². The lowest BCUT2D eigenvalue weighted by atomic mass is 10.1. The summed E-state index contributed by atoms with van der Waals surface area (Å²) >= 11 is 0. The van der Waals surface area contributed by atoms with Crippen molar-refractivity contribution in [2.75, 3.05) is 52.7 Å². The molecule has 0 spiro atoms. The van der Waals surface area contributed by atoms with Crippen molar-refractivity contribution >= 4 is 0 Å². The zero-order valence-corrected chi connectivity index (χ0v) is 28.3. The Morgan fingerprint density at radius 2 is 0.537 bits per heavy atom. The number of rotatable bonds is 34. The second-order valence-electron chi connectivity index (χ2n) is 10.9. The molecule has 0 unspecified atom stereocenters. The summed E-state index contributed by atoms with van der Waals surface area (Å²) < 4.78 is 34.9. The van der Waals surface area contributed by atoms with Crippen molar-refractivity contribution in [3.63, 3.8) is 0 Å². The van der Waals surface area contributed by atoms with E-state index in [1.807, 2.05) is 41.5 Å². The van der Waals surface area contributed by atoms with Crippen molar-refractivity contribution in [2.45, 2.75) is 169 Å². The van der Waals surface area contributed by atoms with E-state index in [-0.39, 0.29) is 0 Å². The molecule has 0 aliphatic heterocycles. The normalized spacial score (nSPS) is 12.4. The van der Waals surface area contributed by atoms with Crippen LogP contribution in [0.2, 0.25) is 0 Å². The molecule has 0 radical (unpaired) electrons. The van der Waals surface area contributed by atoms with E-state index in [1.165, 1.54) is 103 Å². The van der Waals surface area contributed by atoms with Crippen LogP contribution in [0.25, 0.3) is 0 Å². The Kier molecular flexibility index (Phi) is 29.6. The van der Waals surface area contributed by atoms with Gasteiger partial charge in [-0.05, 0) is 80.3 Å². The van der Waals surface area contributed by atoms with Gasteiger partial charge in [0.25, 0.3) is 11.9 Å². The first-order chi connectivity index (χ1) is 20.1. The summed E-state index contributed by atoms with van der Waals surface area (Å²) in [4.78, 5) is 0. The lowest BCUT2D eigenvalue weighted by Crippen LogP contribution is -2.39. The molecular formula is C34H71NO6. The summed E-state index contributed by atoms with van der Waals surface area (Å²) in [7, 11) is 0. The number of hydrogen-bond acceptors (Lipinski definition) is 7. The Bertz CT molecular complexity index is 443. The Morgan fingerprint density at radius 3 is 0.780 bits per heavy atom. The van der Waals surface area contributed by atoms with Crippen LogP contribution in [0.3, 0.4) is 0 Å². The molecule has 0 rings (SSSR count). The molecule has 0 aromatic heterocycles. The number of hydrogen-bond donors (Lipinski definition) is 1. The van der Waals surface area contributed by atoms with Crippen LogP contribution in [0.4, 0.5) is 0 Å². The molecular weight excluding hydrogens is 518 g/mol. The van der Waals surface area contributed by atoms with Crippen LogP contribution in [-0.2, 0) is 28.4 Å². The van der Waals surface area contributed by atoms with Crippen LogP contribution in [-0.4, -0.2) is 64.7 Å². The zero-order valence-electron chi connectivity index (χ0n) is 28.3. The third-order valence-corrected chi connectivity index (χ3v) is 7.36. The summed E-state index contributed by atoms with van der Waals surface area (Å²) in [6.07, 6.45) is 22.2. The van der Waals surface area contributed by atoms with E-state index in [4.69, 9.17) is 28.4 Å². The van der Waals surface area contributed by atoms with Crippen molar-refractivity contribution in [3.8, 4) is 0 Å². The lowest BCUT2D eigenvalue weighted by Gasteiger charge is -2.32. The second kappa shape index (κ2) is 29.8. The second-order valence-corrected chi connectivity index (χ2v) is 10.9. The third kappa shape index (κ3) is 22.9. The van der Waals surface area contributed by atoms with Gasteiger partial charge in [-0.3, -0.25) is 0 Å². The highest BCUT2D eigenvalue weighted by molar-refractivity contribution is 4.61. The van der Waals surface area contributed by atoms with Gasteiger partial charge in [0.2, 0.25) is 0 Å². The summed E-state index contributed by atoms with van der Waals surface area (Å²) in [5, 5.41) is 3.64. The largest absolute Gasteiger partial charge is 0.328 e. The predicted molar refractivity (Wildman–Crippen MR) is 171 cm³/mol. The summed E-state index contributed by atoms with van der Waals surface area (Å²) in [6.45, 7) is 18.0. The molecule has 7 nitrogen and oxygen atoms in total. The molecule has 0 bridgehead atoms. The first-order valence-electron chi connectivity index (χ1n) is 17.6. The Morgan fingerprint density at radius 1 is 0.317 bits per heavy atom. The lowest BCUT2D eigenvalue weighted by molar-refractivity contribution is -0.380. The van der Waals surface area contributed by atoms with Gasteiger partial charge < -0.3 is 33.7 Å². The van der Waals surface area contributed by atoms with E-state index >= 15 is 0 Å². The van der Waals surface area contributed by atoms with Gasteiger partial charge in [0.05, 0.1) is 0 Å². The number of unbranched alkanes of at least 4 members (excludes halogenated alkanes) is 14. The van der Waals surface area contributed by atoms with Crippen LogP contribution >= 0.6 is 0 Å². The Hall–Kier alpha value is -0.280. The van der Waals surface area contributed by atoms with Crippen molar-refractivity contribution < 1.29 is 28.4 Å². The molecule has 0 atom stereocenters. The van der Waals surface area contributed by atoms with Crippen molar-refractivity contribution in [2.24, 2.45) is 0 Å². The fourth-order valence-corrected chi connectivity index (χ4v) is 5.43. The highest BCUT2D eigenvalue weighted by Crippen LogP contribution is 2.25. The molecule has 0 amide bonds. The van der Waals surface area contributed by atoms with E-state index in [2.05, 4.69) is 5.32 Å². The molecule has 0 aliphatic rings. The average molecular weight is 590 g/mol. The molecule has 0 saturated carbocycles. The summed E-state index contributed by atoms with van der Waals surface area (Å²) in [5.74, 6) is -1.67. The van der Waals surface area contributed by atoms with Crippen LogP contribution in [0.15, 0.2) is 0 Å². The molecule has 1 N–H and O–H groups in total. The van der Waals surface area contributed by atoms with E-state index in [0.717, 1.165) is 25.7 Å². The first-order valence-corrected chi connectivity index (χ1v) is 17.6. The highest BCUT2D eigenvalue weighted by Gasteiger charge is 2.32. The Labute approximate surface area is 255 Å². The van der Waals surface area contributed by atoms with Gasteiger partial charge in [0.15, 0.2) is 0 Å². The van der Waals surface area contributed by atoms with Gasteiger partial charge in [0.1, 0.15) is 0 Å². The monoisotopic (exact) mass is 590 g/mol. The molecule has 0 fully saturated rings. The van der Waals surface area contributed by atoms with Crippen LogP contribution in [0, 0.1) is 0 Å². The molecule has 41 heavy (non-hydrogen) atoms. The minimum atomic E-state index is -0.835. The Balaban J connectivity index is 3.52. The van der Waals surface area contributed by atoms with E-state index in [1.54, 1.807) is 0 Å². The zero-order chi connectivity index (χ0) is 30.3. The SMILES string of the molecule is CCOC(CCCCCCCCCCNCCCCCCCCCCC(OCC)(OCC)OCC)(OCC)OCC. The third-order valence-electron chi connectivity index (χ3n) is 7.36. The fraction of sp³-hybridized carbons (Fsp3) is 1.00. The molecule has 0 aromatic rings. The predicted octanol–water partition coefficient (Wildman–Crippen LogP) is 9.12. The minimum absolute atomic E-state index is 0.610. The smallest absolute Gasteiger partial charge is 0.282 e. The van der Waals surface area contributed by atoms with Crippen LogP contribution in [0.5, 0.6) is 0 Å². The van der Waals surface area contributed by atoms with Crippen molar-refractivity contribution in [1.82, 2.24) is 5.32 Å². The summed E-state index contributed by atoms with van der Waals surface area (Å²) in [6, 6.07) is 0. The van der Waals surface area contributed by atoms with Gasteiger partial charge in [-0.25, -0.2) is 0 Å². The topological polar surface area (TPSA) is 67.4 Å². The maximum atomic E-state index is 5.82. The van der Waals surface area contributed by atoms with Crippen LogP contribution < -0.4 is 5.32 Å². The van der Waals surface area contributed by atoms with Gasteiger partial charge in [-0.1, -0.05) is 77.0 Å². The first kappa shape index (κ1) is 40.7. The van der Waals surface area contributed by atoms with Crippen molar-refractivity contribution in [1.29, 1.82) is 0 Å². The van der Waals surface area contributed by atoms with Gasteiger partial charge in [-0.15, -0.1) is 0 Å². The maximum Gasteiger partial charge on any atom is 0.282 e. The molecule has 0 aliphatic carbocycles. The average Bonchev–Trinajstić information content (AvgIpc) is 2.95. The maximum absolute atomic E-state index is 5.82. The quantitative estimate of drug-likeness (QED) is 0.0593. The van der Waals surface area contributed by atoms with E-state index in [9.17, 15) is 0 Å². The van der Waals surface area contributed by atoms with Gasteiger partial charge in [0, 0.05) is 52.5 Å². The minimum Gasteiger partial charge on any atom is -0.328 e. The fourth-order valence-electron chi connectivity index (χ4n) is 5.43. The molecule has 7 heteroatoms. The van der Waals surface area contributed by atoms with E-state index < -0.39 is 11.9 Å².